The van der Waals surface area contributed by atoms with Crippen LogP contribution >= 0.6 is 12.2 Å². The van der Waals surface area contributed by atoms with Gasteiger partial charge >= 0.3 is 0 Å². The number of nitrogens with zero attached hydrogens (tertiary/aromatic N) is 1. The van der Waals surface area contributed by atoms with Crippen molar-refractivity contribution in [3.63, 3.8) is 0 Å². The molecule has 0 atom stereocenters. The van der Waals surface area contributed by atoms with E-state index in [1.807, 2.05) is 37.3 Å². The number of hydrogen-bond acceptors (Lipinski definition) is 3. The van der Waals surface area contributed by atoms with Crippen LogP contribution in [0.15, 0.2) is 54.6 Å². The second kappa shape index (κ2) is 5.50. The number of rotatable bonds is 3. The summed E-state index contributed by atoms with van der Waals surface area (Å²) in [5.41, 5.74) is 8.39. The zero-order chi connectivity index (χ0) is 14.8. The second-order valence-electron chi connectivity index (χ2n) is 4.90. The summed E-state index contributed by atoms with van der Waals surface area (Å²) in [6.45, 7) is 1.94. The van der Waals surface area contributed by atoms with E-state index in [1.54, 1.807) is 0 Å². The molecule has 21 heavy (non-hydrogen) atoms. The number of thiocarbonyl (C=S) groups is 1. The fourth-order valence-corrected chi connectivity index (χ4v) is 2.42. The van der Waals surface area contributed by atoms with Crippen LogP contribution in [-0.4, -0.2) is 9.97 Å². The van der Waals surface area contributed by atoms with Crippen LogP contribution in [0.4, 0.5) is 11.5 Å². The molecule has 0 bridgehead atoms. The number of anilines is 2. The van der Waals surface area contributed by atoms with Crippen molar-refractivity contribution in [2.45, 2.75) is 6.92 Å². The van der Waals surface area contributed by atoms with E-state index in [0.717, 1.165) is 16.9 Å². The minimum Gasteiger partial charge on any atom is -0.389 e. The van der Waals surface area contributed by atoms with Crippen LogP contribution in [0.5, 0.6) is 0 Å². The molecule has 0 spiro atoms. The first-order valence-corrected chi connectivity index (χ1v) is 7.07. The minimum absolute atomic E-state index is 0.339. The van der Waals surface area contributed by atoms with Crippen molar-refractivity contribution >= 4 is 39.5 Å². The standard InChI is InChI=1S/C17H15N3S/c1-11-6-9-15(16(18)21)17(19-11)20-14-8-7-12-4-2-3-5-13(12)10-14/h2-10H,1H3,(H2,18,21)(H,19,20). The van der Waals surface area contributed by atoms with Crippen molar-refractivity contribution in [2.75, 3.05) is 5.32 Å². The quantitative estimate of drug-likeness (QED) is 0.719. The average molecular weight is 293 g/mol. The molecule has 0 radical (unpaired) electrons. The molecule has 3 N–H and O–H groups in total. The molecule has 1 heterocycles. The zero-order valence-corrected chi connectivity index (χ0v) is 12.4. The van der Waals surface area contributed by atoms with Crippen molar-refractivity contribution < 1.29 is 0 Å². The lowest BCUT2D eigenvalue weighted by atomic mass is 10.1. The van der Waals surface area contributed by atoms with Gasteiger partial charge in [-0.2, -0.15) is 0 Å². The zero-order valence-electron chi connectivity index (χ0n) is 11.6. The maximum atomic E-state index is 5.76. The lowest BCUT2D eigenvalue weighted by molar-refractivity contribution is 1.19. The third-order valence-electron chi connectivity index (χ3n) is 3.31. The molecule has 3 nitrogen and oxygen atoms in total. The average Bonchev–Trinajstić information content (AvgIpc) is 2.47. The molecule has 0 amide bonds. The van der Waals surface area contributed by atoms with Gasteiger partial charge in [-0.25, -0.2) is 4.98 Å². The first-order valence-electron chi connectivity index (χ1n) is 6.67. The molecular formula is C17H15N3S. The molecule has 3 rings (SSSR count). The maximum Gasteiger partial charge on any atom is 0.140 e. The van der Waals surface area contributed by atoms with Crippen molar-refractivity contribution in [1.29, 1.82) is 0 Å². The van der Waals surface area contributed by atoms with E-state index < -0.39 is 0 Å². The Morgan fingerprint density at radius 3 is 2.57 bits per heavy atom. The van der Waals surface area contributed by atoms with Crippen molar-refractivity contribution in [3.8, 4) is 0 Å². The molecule has 0 saturated heterocycles. The van der Waals surface area contributed by atoms with Crippen LogP contribution in [0.2, 0.25) is 0 Å². The van der Waals surface area contributed by atoms with Gasteiger partial charge in [0.2, 0.25) is 0 Å². The molecule has 2 aromatic carbocycles. The number of fused-ring (bicyclic) bond motifs is 1. The molecule has 1 aromatic heterocycles. The largest absolute Gasteiger partial charge is 0.389 e. The Morgan fingerprint density at radius 1 is 1.05 bits per heavy atom. The molecular weight excluding hydrogens is 278 g/mol. The highest BCUT2D eigenvalue weighted by molar-refractivity contribution is 7.80. The van der Waals surface area contributed by atoms with Crippen molar-refractivity contribution in [2.24, 2.45) is 5.73 Å². The molecule has 0 unspecified atom stereocenters. The lowest BCUT2D eigenvalue weighted by Gasteiger charge is -2.11. The summed E-state index contributed by atoms with van der Waals surface area (Å²) in [6, 6.07) is 18.2. The third-order valence-corrected chi connectivity index (χ3v) is 3.53. The summed E-state index contributed by atoms with van der Waals surface area (Å²) in [5.74, 6) is 0.692. The number of benzene rings is 2. The van der Waals surface area contributed by atoms with Crippen LogP contribution in [0.3, 0.4) is 0 Å². The predicted molar refractivity (Wildman–Crippen MR) is 92.1 cm³/mol. The Balaban J connectivity index is 2.02. The molecule has 4 heteroatoms. The van der Waals surface area contributed by atoms with Gasteiger partial charge in [0.05, 0.1) is 5.56 Å². The van der Waals surface area contributed by atoms with E-state index in [1.165, 1.54) is 10.8 Å². The summed E-state index contributed by atoms with van der Waals surface area (Å²) in [6.07, 6.45) is 0. The Morgan fingerprint density at radius 2 is 1.81 bits per heavy atom. The Labute approximate surface area is 128 Å². The van der Waals surface area contributed by atoms with Gasteiger partial charge in [-0.1, -0.05) is 42.5 Å². The number of pyridine rings is 1. The minimum atomic E-state index is 0.339. The smallest absolute Gasteiger partial charge is 0.140 e. The number of aryl methyl sites for hydroxylation is 1. The van der Waals surface area contributed by atoms with Gasteiger partial charge in [0.25, 0.3) is 0 Å². The van der Waals surface area contributed by atoms with E-state index in [4.69, 9.17) is 18.0 Å². The van der Waals surface area contributed by atoms with Gasteiger partial charge in [-0.05, 0) is 42.0 Å². The van der Waals surface area contributed by atoms with E-state index in [-0.39, 0.29) is 0 Å². The monoisotopic (exact) mass is 293 g/mol. The fraction of sp³-hybridized carbons (Fsp3) is 0.0588. The van der Waals surface area contributed by atoms with Crippen LogP contribution in [0.1, 0.15) is 11.3 Å². The lowest BCUT2D eigenvalue weighted by Crippen LogP contribution is -2.13. The summed E-state index contributed by atoms with van der Waals surface area (Å²) in [4.78, 5) is 4.83. The van der Waals surface area contributed by atoms with Crippen molar-refractivity contribution in [3.05, 3.63) is 65.9 Å². The van der Waals surface area contributed by atoms with E-state index in [9.17, 15) is 0 Å². The van der Waals surface area contributed by atoms with E-state index >= 15 is 0 Å². The first-order chi connectivity index (χ1) is 10.1. The van der Waals surface area contributed by atoms with E-state index in [0.29, 0.717) is 10.8 Å². The molecule has 0 aliphatic heterocycles. The van der Waals surface area contributed by atoms with Gasteiger partial charge in [0.15, 0.2) is 0 Å². The number of nitrogens with one attached hydrogen (secondary N) is 1. The van der Waals surface area contributed by atoms with Gasteiger partial charge in [0, 0.05) is 11.4 Å². The van der Waals surface area contributed by atoms with E-state index in [2.05, 4.69) is 34.6 Å². The third kappa shape index (κ3) is 2.85. The SMILES string of the molecule is Cc1ccc(C(N)=S)c(Nc2ccc3ccccc3c2)n1. The van der Waals surface area contributed by atoms with Crippen molar-refractivity contribution in [1.82, 2.24) is 4.98 Å². The summed E-state index contributed by atoms with van der Waals surface area (Å²) in [7, 11) is 0. The number of hydrogen-bond donors (Lipinski definition) is 2. The Kier molecular flexibility index (Phi) is 3.54. The van der Waals surface area contributed by atoms with Crippen LogP contribution in [0.25, 0.3) is 10.8 Å². The fourth-order valence-electron chi connectivity index (χ4n) is 2.25. The molecule has 0 aliphatic rings. The topological polar surface area (TPSA) is 50.9 Å². The molecule has 104 valence electrons. The van der Waals surface area contributed by atoms with Crippen LogP contribution in [-0.2, 0) is 0 Å². The highest BCUT2D eigenvalue weighted by atomic mass is 32.1. The summed E-state index contributed by atoms with van der Waals surface area (Å²) < 4.78 is 0. The van der Waals surface area contributed by atoms with Gasteiger partial charge < -0.3 is 11.1 Å². The highest BCUT2D eigenvalue weighted by Gasteiger charge is 2.08. The van der Waals surface area contributed by atoms with Crippen LogP contribution in [0, 0.1) is 6.92 Å². The van der Waals surface area contributed by atoms with Crippen LogP contribution < -0.4 is 11.1 Å². The van der Waals surface area contributed by atoms with Gasteiger partial charge in [-0.15, -0.1) is 0 Å². The Hall–Kier alpha value is -2.46. The molecule has 3 aromatic rings. The van der Waals surface area contributed by atoms with Gasteiger partial charge in [-0.3, -0.25) is 0 Å². The number of nitrogens with two attached hydrogens (primary N) is 1. The normalized spacial score (nSPS) is 10.5. The first kappa shape index (κ1) is 13.5. The maximum absolute atomic E-state index is 5.76. The highest BCUT2D eigenvalue weighted by Crippen LogP contribution is 2.23. The number of aromatic nitrogens is 1. The Bertz CT molecular complexity index is 827. The van der Waals surface area contributed by atoms with Gasteiger partial charge in [0.1, 0.15) is 10.8 Å². The molecule has 0 fully saturated rings. The molecule has 0 saturated carbocycles. The molecule has 0 aliphatic carbocycles. The second-order valence-corrected chi connectivity index (χ2v) is 5.34. The summed E-state index contributed by atoms with van der Waals surface area (Å²) in [5, 5.41) is 5.68. The predicted octanol–water partition coefficient (Wildman–Crippen LogP) is 3.92. The summed E-state index contributed by atoms with van der Waals surface area (Å²) >= 11 is 5.08.